The Bertz CT molecular complexity index is 602. The van der Waals surface area contributed by atoms with Crippen molar-refractivity contribution in [3.05, 3.63) is 30.2 Å². The van der Waals surface area contributed by atoms with Gasteiger partial charge < -0.3 is 15.8 Å². The van der Waals surface area contributed by atoms with Gasteiger partial charge in [-0.2, -0.15) is 5.10 Å². The molecule has 0 saturated carbocycles. The number of alkyl carbamates (subject to hydrolysis) is 1. The second-order valence-electron chi connectivity index (χ2n) is 5.51. The number of carbonyl (C=O) groups is 1. The lowest BCUT2D eigenvalue weighted by Gasteiger charge is -2.20. The monoisotopic (exact) mass is 277 g/mol. The summed E-state index contributed by atoms with van der Waals surface area (Å²) in [6.07, 6.45) is 4.65. The molecule has 2 aromatic heterocycles. The Morgan fingerprint density at radius 1 is 1.55 bits per heavy atom. The minimum Gasteiger partial charge on any atom is -0.444 e. The first-order chi connectivity index (χ1) is 9.35. The number of carbonyl (C=O) groups excluding carboxylic acids is 1. The molecule has 0 radical (unpaired) electrons. The lowest BCUT2D eigenvalue weighted by Crippen LogP contribution is -2.36. The van der Waals surface area contributed by atoms with E-state index in [1.54, 1.807) is 29.2 Å². The molecule has 0 spiro atoms. The van der Waals surface area contributed by atoms with Gasteiger partial charge in [0, 0.05) is 30.6 Å². The number of nitrogens with zero attached hydrogens (tertiary/aromatic N) is 3. The van der Waals surface area contributed by atoms with Crippen LogP contribution >= 0.6 is 0 Å². The van der Waals surface area contributed by atoms with Crippen LogP contribution in [0.2, 0.25) is 0 Å². The third-order valence-electron chi connectivity index (χ3n) is 2.56. The molecule has 2 heterocycles. The lowest BCUT2D eigenvalue weighted by molar-refractivity contribution is 0.0524. The molecule has 0 aliphatic carbocycles. The van der Waals surface area contributed by atoms with Crippen molar-refractivity contribution in [1.82, 2.24) is 19.9 Å². The molecule has 3 N–H and O–H groups in total. The van der Waals surface area contributed by atoms with E-state index < -0.39 is 11.7 Å². The predicted molar refractivity (Wildman–Crippen MR) is 74.2 cm³/mol. The van der Waals surface area contributed by atoms with E-state index in [0.717, 1.165) is 11.2 Å². The number of nitrogens with two attached hydrogens (primary N) is 1. The summed E-state index contributed by atoms with van der Waals surface area (Å²) >= 11 is 0. The van der Waals surface area contributed by atoms with Crippen molar-refractivity contribution >= 4 is 11.7 Å². The average Bonchev–Trinajstić information content (AvgIpc) is 2.80. The smallest absolute Gasteiger partial charge is 0.407 e. The number of amides is 1. The molecule has 2 aromatic rings. The van der Waals surface area contributed by atoms with Gasteiger partial charge >= 0.3 is 6.09 Å². The average molecular weight is 277 g/mol. The maximum Gasteiger partial charge on any atom is 0.407 e. The molecule has 0 aliphatic heterocycles. The number of rotatable bonds is 3. The molecule has 0 bridgehead atoms. The van der Waals surface area contributed by atoms with Crippen LogP contribution in [0.4, 0.5) is 4.79 Å². The van der Waals surface area contributed by atoms with Crippen LogP contribution in [-0.2, 0) is 4.74 Å². The summed E-state index contributed by atoms with van der Waals surface area (Å²) in [5, 5.41) is 6.73. The largest absolute Gasteiger partial charge is 0.444 e. The van der Waals surface area contributed by atoms with Crippen molar-refractivity contribution in [2.45, 2.75) is 32.4 Å². The fraction of sp³-hybridized carbons (Fsp3) is 0.462. The molecule has 1 unspecified atom stereocenters. The quantitative estimate of drug-likeness (QED) is 0.880. The van der Waals surface area contributed by atoms with Crippen molar-refractivity contribution in [3.8, 4) is 0 Å². The van der Waals surface area contributed by atoms with Gasteiger partial charge in [0.25, 0.3) is 0 Å². The van der Waals surface area contributed by atoms with Gasteiger partial charge in [0.2, 0.25) is 0 Å². The Balaban J connectivity index is 1.94. The van der Waals surface area contributed by atoms with Crippen LogP contribution in [0.1, 0.15) is 32.4 Å². The first kappa shape index (κ1) is 14.3. The Labute approximate surface area is 117 Å². The Morgan fingerprint density at radius 3 is 3.00 bits per heavy atom. The molecule has 2 rings (SSSR count). The first-order valence-electron chi connectivity index (χ1n) is 6.37. The van der Waals surface area contributed by atoms with E-state index in [0.29, 0.717) is 0 Å². The Kier molecular flexibility index (Phi) is 3.89. The molecule has 0 saturated heterocycles. The molecule has 108 valence electrons. The molecule has 0 aliphatic rings. The second-order valence-corrected chi connectivity index (χ2v) is 5.51. The van der Waals surface area contributed by atoms with E-state index in [9.17, 15) is 4.79 Å². The van der Waals surface area contributed by atoms with Crippen LogP contribution in [0.25, 0.3) is 5.65 Å². The standard InChI is InChI=1S/C13H19N5O2/c1-13(2,3)20-12(19)16-7-10(14)9-6-15-11-4-5-17-18(11)8-9/h4-6,8,10H,7,14H2,1-3H3,(H,16,19). The van der Waals surface area contributed by atoms with Crippen molar-refractivity contribution in [2.75, 3.05) is 6.54 Å². The zero-order chi connectivity index (χ0) is 14.8. The van der Waals surface area contributed by atoms with E-state index in [2.05, 4.69) is 15.4 Å². The van der Waals surface area contributed by atoms with E-state index in [4.69, 9.17) is 10.5 Å². The molecule has 0 fully saturated rings. The van der Waals surface area contributed by atoms with Crippen molar-refractivity contribution < 1.29 is 9.53 Å². The summed E-state index contributed by atoms with van der Waals surface area (Å²) in [5.74, 6) is 0. The van der Waals surface area contributed by atoms with Crippen LogP contribution in [0, 0.1) is 0 Å². The third kappa shape index (κ3) is 3.67. The SMILES string of the molecule is CC(C)(C)OC(=O)NCC(N)c1cnc2ccnn2c1. The summed E-state index contributed by atoms with van der Waals surface area (Å²) in [7, 11) is 0. The molecule has 7 heteroatoms. The number of hydrogen-bond donors (Lipinski definition) is 2. The summed E-state index contributed by atoms with van der Waals surface area (Å²) in [6.45, 7) is 5.69. The first-order valence-corrected chi connectivity index (χ1v) is 6.37. The maximum absolute atomic E-state index is 11.5. The highest BCUT2D eigenvalue weighted by atomic mass is 16.6. The highest BCUT2D eigenvalue weighted by Crippen LogP contribution is 2.10. The number of nitrogens with one attached hydrogen (secondary N) is 1. The fourth-order valence-electron chi connectivity index (χ4n) is 1.64. The number of fused-ring (bicyclic) bond motifs is 1. The zero-order valence-electron chi connectivity index (χ0n) is 11.8. The highest BCUT2D eigenvalue weighted by Gasteiger charge is 2.17. The Hall–Kier alpha value is -2.15. The molecule has 7 nitrogen and oxygen atoms in total. The van der Waals surface area contributed by atoms with Gasteiger partial charge in [0.15, 0.2) is 5.65 Å². The summed E-state index contributed by atoms with van der Waals surface area (Å²) in [5.41, 5.74) is 7.03. The summed E-state index contributed by atoms with van der Waals surface area (Å²) in [4.78, 5) is 15.8. The fourth-order valence-corrected chi connectivity index (χ4v) is 1.64. The highest BCUT2D eigenvalue weighted by molar-refractivity contribution is 5.67. The number of aromatic nitrogens is 3. The van der Waals surface area contributed by atoms with E-state index in [1.165, 1.54) is 0 Å². The van der Waals surface area contributed by atoms with E-state index >= 15 is 0 Å². The number of hydrogen-bond acceptors (Lipinski definition) is 5. The van der Waals surface area contributed by atoms with Crippen LogP contribution < -0.4 is 11.1 Å². The van der Waals surface area contributed by atoms with Gasteiger partial charge in [-0.15, -0.1) is 0 Å². The zero-order valence-corrected chi connectivity index (χ0v) is 11.8. The molecule has 1 atom stereocenters. The summed E-state index contributed by atoms with van der Waals surface area (Å²) < 4.78 is 6.78. The predicted octanol–water partition coefficient (Wildman–Crippen LogP) is 1.25. The molecular weight excluding hydrogens is 258 g/mol. The minimum absolute atomic E-state index is 0.267. The van der Waals surface area contributed by atoms with Crippen LogP contribution in [0.3, 0.4) is 0 Å². The summed E-state index contributed by atoms with van der Waals surface area (Å²) in [6, 6.07) is 1.43. The van der Waals surface area contributed by atoms with Crippen molar-refractivity contribution in [2.24, 2.45) is 5.73 Å². The van der Waals surface area contributed by atoms with Gasteiger partial charge in [-0.05, 0) is 20.8 Å². The van der Waals surface area contributed by atoms with Crippen LogP contribution in [0.5, 0.6) is 0 Å². The van der Waals surface area contributed by atoms with Crippen LogP contribution in [-0.4, -0.2) is 32.8 Å². The normalized spacial score (nSPS) is 13.2. The molecule has 0 aromatic carbocycles. The van der Waals surface area contributed by atoms with E-state index in [1.807, 2.05) is 20.8 Å². The molecular formula is C13H19N5O2. The topological polar surface area (TPSA) is 94.5 Å². The third-order valence-corrected chi connectivity index (χ3v) is 2.56. The van der Waals surface area contributed by atoms with Gasteiger partial charge in [-0.3, -0.25) is 0 Å². The maximum atomic E-state index is 11.5. The molecule has 20 heavy (non-hydrogen) atoms. The van der Waals surface area contributed by atoms with Gasteiger partial charge in [0.1, 0.15) is 5.60 Å². The van der Waals surface area contributed by atoms with Gasteiger partial charge in [0.05, 0.1) is 12.2 Å². The van der Waals surface area contributed by atoms with Crippen molar-refractivity contribution in [3.63, 3.8) is 0 Å². The molecule has 1 amide bonds. The van der Waals surface area contributed by atoms with Gasteiger partial charge in [-0.1, -0.05) is 0 Å². The van der Waals surface area contributed by atoms with Crippen LogP contribution in [0.15, 0.2) is 24.7 Å². The lowest BCUT2D eigenvalue weighted by atomic mass is 10.1. The van der Waals surface area contributed by atoms with Crippen molar-refractivity contribution in [1.29, 1.82) is 0 Å². The van der Waals surface area contributed by atoms with Gasteiger partial charge in [-0.25, -0.2) is 14.3 Å². The minimum atomic E-state index is -0.524. The number of ether oxygens (including phenoxy) is 1. The second kappa shape index (κ2) is 5.46. The van der Waals surface area contributed by atoms with E-state index in [-0.39, 0.29) is 12.6 Å². The Morgan fingerprint density at radius 2 is 2.30 bits per heavy atom.